The number of phenols is 1. The average Bonchev–Trinajstić information content (AvgIpc) is 3.36. The highest BCUT2D eigenvalue weighted by atomic mass is 35.5. The van der Waals surface area contributed by atoms with Crippen molar-refractivity contribution in [2.24, 2.45) is 0 Å². The van der Waals surface area contributed by atoms with E-state index in [-0.39, 0.29) is 23.4 Å². The Morgan fingerprint density at radius 2 is 1.94 bits per heavy atom. The number of allylic oxidation sites excluding steroid dienone is 1. The molecule has 0 spiro atoms. The van der Waals surface area contributed by atoms with Gasteiger partial charge in [-0.15, -0.1) is 0 Å². The van der Waals surface area contributed by atoms with E-state index in [0.717, 1.165) is 16.5 Å². The molecule has 188 valence electrons. The molecule has 2 N–H and O–H groups in total. The third kappa shape index (κ3) is 4.79. The van der Waals surface area contributed by atoms with Crippen LogP contribution in [-0.2, 0) is 11.3 Å². The molecule has 0 bridgehead atoms. The highest BCUT2D eigenvalue weighted by molar-refractivity contribution is 6.31. The second kappa shape index (κ2) is 9.19. The number of carbonyl (C=O) groups is 2. The number of benzene rings is 2. The number of piperazine rings is 1. The predicted octanol–water partition coefficient (Wildman–Crippen LogP) is 5.20. The molecule has 1 fully saturated rings. The Labute approximate surface area is 214 Å². The maximum Gasteiger partial charge on any atom is 0.410 e. The summed E-state index contributed by atoms with van der Waals surface area (Å²) in [6.45, 7) is 8.16. The summed E-state index contributed by atoms with van der Waals surface area (Å²) in [6.07, 6.45) is 3.17. The molecule has 0 radical (unpaired) electrons. The van der Waals surface area contributed by atoms with Gasteiger partial charge in [0.15, 0.2) is 5.76 Å². The van der Waals surface area contributed by atoms with Crippen LogP contribution in [0.25, 0.3) is 17.0 Å². The summed E-state index contributed by atoms with van der Waals surface area (Å²) in [6, 6.07) is 8.63. The Balaban J connectivity index is 1.33. The lowest BCUT2D eigenvalue weighted by Crippen LogP contribution is -2.49. The van der Waals surface area contributed by atoms with Gasteiger partial charge in [-0.2, -0.15) is 0 Å². The standard InChI is InChI=1S/C27H28ClN3O5/c1-27(2,3)36-26(34)31-10-8-30(9-11-31)15-20-22(32)7-5-18-24(33)23(35-25(18)20)12-16-14-29-21-6-4-17(28)13-19(16)21/h4-7,12-14,29,32H,8-11,15H2,1-3H3. The number of aromatic nitrogens is 1. The number of halogens is 1. The number of nitrogens with one attached hydrogen (secondary N) is 1. The molecule has 0 atom stereocenters. The van der Waals surface area contributed by atoms with E-state index in [9.17, 15) is 14.7 Å². The van der Waals surface area contributed by atoms with Gasteiger partial charge in [-0.1, -0.05) is 11.6 Å². The molecule has 0 aliphatic carbocycles. The van der Waals surface area contributed by atoms with Crippen molar-refractivity contribution in [1.29, 1.82) is 0 Å². The topological polar surface area (TPSA) is 95.1 Å². The fourth-order valence-electron chi connectivity index (χ4n) is 4.46. The molecular formula is C27H28ClN3O5. The van der Waals surface area contributed by atoms with E-state index < -0.39 is 5.60 Å². The van der Waals surface area contributed by atoms with Gasteiger partial charge >= 0.3 is 6.09 Å². The number of amides is 1. The van der Waals surface area contributed by atoms with E-state index >= 15 is 0 Å². The molecule has 2 aromatic carbocycles. The number of fused-ring (bicyclic) bond motifs is 2. The van der Waals surface area contributed by atoms with Crippen LogP contribution in [0.1, 0.15) is 42.3 Å². The molecule has 1 amide bonds. The van der Waals surface area contributed by atoms with Crippen LogP contribution in [0.5, 0.6) is 11.5 Å². The van der Waals surface area contributed by atoms with Crippen molar-refractivity contribution in [2.45, 2.75) is 32.9 Å². The zero-order chi connectivity index (χ0) is 25.6. The quantitative estimate of drug-likeness (QED) is 0.471. The fraction of sp³-hybridized carbons (Fsp3) is 0.333. The first-order chi connectivity index (χ1) is 17.1. The van der Waals surface area contributed by atoms with Crippen molar-refractivity contribution in [3.05, 3.63) is 64.0 Å². The zero-order valence-corrected chi connectivity index (χ0v) is 21.2. The molecule has 5 rings (SSSR count). The molecule has 2 aliphatic heterocycles. The van der Waals surface area contributed by atoms with Gasteiger partial charge in [-0.3, -0.25) is 9.69 Å². The van der Waals surface area contributed by atoms with E-state index in [4.69, 9.17) is 21.1 Å². The zero-order valence-electron chi connectivity index (χ0n) is 20.4. The van der Waals surface area contributed by atoms with Crippen LogP contribution < -0.4 is 4.74 Å². The minimum absolute atomic E-state index is 0.0660. The lowest BCUT2D eigenvalue weighted by molar-refractivity contribution is 0.0138. The predicted molar refractivity (Wildman–Crippen MR) is 137 cm³/mol. The minimum atomic E-state index is -0.543. The summed E-state index contributed by atoms with van der Waals surface area (Å²) in [5.41, 5.74) is 2.11. The molecule has 0 unspecified atom stereocenters. The number of carbonyl (C=O) groups excluding carboxylic acids is 2. The fourth-order valence-corrected chi connectivity index (χ4v) is 4.64. The first-order valence-corrected chi connectivity index (χ1v) is 12.2. The van der Waals surface area contributed by atoms with E-state index in [1.165, 1.54) is 6.07 Å². The van der Waals surface area contributed by atoms with Crippen LogP contribution in [0.3, 0.4) is 0 Å². The number of aromatic amines is 1. The molecule has 2 aliphatic rings. The summed E-state index contributed by atoms with van der Waals surface area (Å²) in [5, 5.41) is 12.1. The Bertz CT molecular complexity index is 1380. The third-order valence-electron chi connectivity index (χ3n) is 6.28. The van der Waals surface area contributed by atoms with E-state index in [2.05, 4.69) is 9.88 Å². The lowest BCUT2D eigenvalue weighted by atomic mass is 10.0. The van der Waals surface area contributed by atoms with Gasteiger partial charge < -0.3 is 24.5 Å². The molecule has 3 aromatic rings. The Morgan fingerprint density at radius 1 is 1.19 bits per heavy atom. The number of aromatic hydroxyl groups is 1. The number of nitrogens with zero attached hydrogens (tertiary/aromatic N) is 2. The van der Waals surface area contributed by atoms with Gasteiger partial charge in [0, 0.05) is 60.4 Å². The van der Waals surface area contributed by atoms with Crippen molar-refractivity contribution in [2.75, 3.05) is 26.2 Å². The monoisotopic (exact) mass is 509 g/mol. The van der Waals surface area contributed by atoms with Crippen LogP contribution in [0, 0.1) is 0 Å². The van der Waals surface area contributed by atoms with Crippen molar-refractivity contribution < 1.29 is 24.2 Å². The van der Waals surface area contributed by atoms with Crippen LogP contribution >= 0.6 is 11.6 Å². The van der Waals surface area contributed by atoms with E-state index in [0.29, 0.717) is 54.6 Å². The van der Waals surface area contributed by atoms with Gasteiger partial charge in [0.25, 0.3) is 0 Å². The molecule has 36 heavy (non-hydrogen) atoms. The van der Waals surface area contributed by atoms with E-state index in [1.54, 1.807) is 29.3 Å². The third-order valence-corrected chi connectivity index (χ3v) is 6.52. The number of hydrogen-bond donors (Lipinski definition) is 2. The molecule has 3 heterocycles. The number of Topliss-reactive ketones (excluding diaryl/α,β-unsaturated/α-hetero) is 1. The summed E-state index contributed by atoms with van der Waals surface area (Å²) in [7, 11) is 0. The van der Waals surface area contributed by atoms with Crippen LogP contribution in [-0.4, -0.2) is 63.5 Å². The van der Waals surface area contributed by atoms with Crippen molar-refractivity contribution in [3.8, 4) is 11.5 Å². The second-order valence-electron chi connectivity index (χ2n) is 10.1. The molecule has 1 saturated heterocycles. The Kier molecular flexibility index (Phi) is 6.18. The normalized spacial score (nSPS) is 17.5. The molecule has 9 heteroatoms. The van der Waals surface area contributed by atoms with Crippen LogP contribution in [0.2, 0.25) is 5.02 Å². The van der Waals surface area contributed by atoms with Crippen molar-refractivity contribution >= 4 is 40.5 Å². The number of ether oxygens (including phenoxy) is 2. The van der Waals surface area contributed by atoms with Crippen LogP contribution in [0.15, 0.2) is 42.3 Å². The first kappa shape index (κ1) is 24.2. The van der Waals surface area contributed by atoms with Gasteiger partial charge in [-0.25, -0.2) is 4.79 Å². The maximum atomic E-state index is 13.1. The first-order valence-electron chi connectivity index (χ1n) is 11.8. The van der Waals surface area contributed by atoms with Gasteiger partial charge in [0.2, 0.25) is 5.78 Å². The summed E-state index contributed by atoms with van der Waals surface area (Å²) < 4.78 is 11.5. The van der Waals surface area contributed by atoms with Crippen molar-refractivity contribution in [3.63, 3.8) is 0 Å². The molecular weight excluding hydrogens is 482 g/mol. The summed E-state index contributed by atoms with van der Waals surface area (Å²) >= 11 is 6.16. The molecule has 1 aromatic heterocycles. The highest BCUT2D eigenvalue weighted by Gasteiger charge is 2.33. The van der Waals surface area contributed by atoms with Gasteiger partial charge in [-0.05, 0) is 57.2 Å². The maximum absolute atomic E-state index is 13.1. The largest absolute Gasteiger partial charge is 0.507 e. The lowest BCUT2D eigenvalue weighted by Gasteiger charge is -2.35. The highest BCUT2D eigenvalue weighted by Crippen LogP contribution is 2.40. The van der Waals surface area contributed by atoms with Gasteiger partial charge in [0.05, 0.1) is 11.1 Å². The number of hydrogen-bond acceptors (Lipinski definition) is 6. The Hall–Kier alpha value is -3.49. The van der Waals surface area contributed by atoms with Gasteiger partial charge in [0.1, 0.15) is 17.1 Å². The average molecular weight is 510 g/mol. The van der Waals surface area contributed by atoms with Crippen molar-refractivity contribution in [1.82, 2.24) is 14.8 Å². The summed E-state index contributed by atoms with van der Waals surface area (Å²) in [4.78, 5) is 32.5. The van der Waals surface area contributed by atoms with E-state index in [1.807, 2.05) is 32.9 Å². The number of ketones is 1. The summed E-state index contributed by atoms with van der Waals surface area (Å²) in [5.74, 6) is 0.389. The van der Waals surface area contributed by atoms with Crippen LogP contribution in [0.4, 0.5) is 4.79 Å². The number of H-pyrrole nitrogens is 1. The molecule has 0 saturated carbocycles. The second-order valence-corrected chi connectivity index (χ2v) is 10.5. The SMILES string of the molecule is CC(C)(C)OC(=O)N1CCN(Cc2c(O)ccc3c2OC(=Cc2c[nH]c4ccc(Cl)cc24)C3=O)CC1. The number of rotatable bonds is 3. The number of phenolic OH excluding ortho intramolecular Hbond substituents is 1. The minimum Gasteiger partial charge on any atom is -0.507 e. The molecule has 8 nitrogen and oxygen atoms in total. The smallest absolute Gasteiger partial charge is 0.410 e. The Morgan fingerprint density at radius 3 is 2.67 bits per heavy atom.